The van der Waals surface area contributed by atoms with E-state index in [0.29, 0.717) is 22.5 Å². The molecule has 32 heavy (non-hydrogen) atoms. The van der Waals surface area contributed by atoms with Crippen LogP contribution in [0.1, 0.15) is 21.5 Å². The van der Waals surface area contributed by atoms with Crippen LogP contribution in [0.15, 0.2) is 78.9 Å². The topological polar surface area (TPSA) is 72.9 Å². The van der Waals surface area contributed by atoms with Gasteiger partial charge in [-0.15, -0.1) is 0 Å². The molecule has 0 bridgehead atoms. The number of benzene rings is 3. The van der Waals surface area contributed by atoms with Gasteiger partial charge in [0.05, 0.1) is 16.9 Å². The maximum absolute atomic E-state index is 13.0. The van der Waals surface area contributed by atoms with Crippen LogP contribution in [0.3, 0.4) is 0 Å². The summed E-state index contributed by atoms with van der Waals surface area (Å²) in [5, 5.41) is 7.21. The number of nitrogens with two attached hydrogens (primary N) is 1. The minimum Gasteiger partial charge on any atom is -0.384 e. The average Bonchev–Trinajstić information content (AvgIpc) is 3.16. The van der Waals surface area contributed by atoms with E-state index in [1.54, 1.807) is 30.3 Å². The van der Waals surface area contributed by atoms with Crippen molar-refractivity contribution in [2.24, 2.45) is 0 Å². The van der Waals surface area contributed by atoms with Gasteiger partial charge in [0.2, 0.25) is 0 Å². The van der Waals surface area contributed by atoms with Gasteiger partial charge in [0.1, 0.15) is 5.82 Å². The fraction of sp³-hybridized carbons (Fsp3) is 0.0833. The molecule has 0 saturated carbocycles. The highest BCUT2D eigenvalue weighted by molar-refractivity contribution is 6.04. The van der Waals surface area contributed by atoms with Crippen LogP contribution in [0, 0.1) is 6.92 Å². The van der Waals surface area contributed by atoms with Crippen LogP contribution in [0.2, 0.25) is 0 Å². The molecule has 0 radical (unpaired) electrons. The maximum Gasteiger partial charge on any atom is 0.416 e. The van der Waals surface area contributed by atoms with Crippen molar-refractivity contribution in [2.45, 2.75) is 13.1 Å². The van der Waals surface area contributed by atoms with Crippen LogP contribution in [0.25, 0.3) is 16.9 Å². The molecular weight excluding hydrogens is 417 g/mol. The summed E-state index contributed by atoms with van der Waals surface area (Å²) in [5.41, 5.74) is 8.61. The van der Waals surface area contributed by atoms with Crippen LogP contribution in [0.4, 0.5) is 24.7 Å². The number of carbonyl (C=O) groups is 1. The van der Waals surface area contributed by atoms with Gasteiger partial charge in [0.15, 0.2) is 0 Å². The van der Waals surface area contributed by atoms with E-state index >= 15 is 0 Å². The summed E-state index contributed by atoms with van der Waals surface area (Å²) >= 11 is 0. The summed E-state index contributed by atoms with van der Waals surface area (Å²) in [7, 11) is 0. The van der Waals surface area contributed by atoms with Crippen LogP contribution in [-0.2, 0) is 6.18 Å². The maximum atomic E-state index is 13.0. The summed E-state index contributed by atoms with van der Waals surface area (Å²) in [5.74, 6) is -0.00142. The van der Waals surface area contributed by atoms with Crippen LogP contribution >= 0.6 is 0 Å². The second kappa shape index (κ2) is 8.22. The molecule has 3 aromatic carbocycles. The highest BCUT2D eigenvalue weighted by atomic mass is 19.4. The third-order valence-corrected chi connectivity index (χ3v) is 4.99. The first kappa shape index (κ1) is 21.2. The Morgan fingerprint density at radius 1 is 0.969 bits per heavy atom. The monoisotopic (exact) mass is 436 g/mol. The lowest BCUT2D eigenvalue weighted by molar-refractivity contribution is -0.137. The van der Waals surface area contributed by atoms with E-state index in [-0.39, 0.29) is 11.7 Å². The zero-order chi connectivity index (χ0) is 22.9. The number of alkyl halides is 3. The molecule has 0 unspecified atom stereocenters. The molecule has 5 nitrogen and oxygen atoms in total. The van der Waals surface area contributed by atoms with E-state index in [4.69, 9.17) is 5.73 Å². The van der Waals surface area contributed by atoms with E-state index in [1.165, 1.54) is 16.8 Å². The molecule has 0 fully saturated rings. The molecule has 1 amide bonds. The van der Waals surface area contributed by atoms with Crippen molar-refractivity contribution in [3.63, 3.8) is 0 Å². The Labute approximate surface area is 182 Å². The number of hydrogen-bond donors (Lipinski definition) is 2. The fourth-order valence-electron chi connectivity index (χ4n) is 3.26. The van der Waals surface area contributed by atoms with Crippen molar-refractivity contribution < 1.29 is 18.0 Å². The van der Waals surface area contributed by atoms with E-state index in [0.717, 1.165) is 23.4 Å². The molecule has 3 N–H and O–H groups in total. The van der Waals surface area contributed by atoms with Gasteiger partial charge in [-0.25, -0.2) is 4.68 Å². The second-order valence-corrected chi connectivity index (χ2v) is 7.26. The molecule has 0 atom stereocenters. The number of carbonyl (C=O) groups excluding carboxylic acids is 1. The van der Waals surface area contributed by atoms with Crippen LogP contribution < -0.4 is 11.1 Å². The fourth-order valence-corrected chi connectivity index (χ4v) is 3.26. The van der Waals surface area contributed by atoms with Gasteiger partial charge in [-0.1, -0.05) is 30.3 Å². The zero-order valence-electron chi connectivity index (χ0n) is 17.0. The molecule has 162 valence electrons. The van der Waals surface area contributed by atoms with Gasteiger partial charge in [0, 0.05) is 22.9 Å². The molecule has 0 aliphatic rings. The predicted octanol–water partition coefficient (Wildman–Crippen LogP) is 5.70. The minimum absolute atomic E-state index is 0.259. The highest BCUT2D eigenvalue weighted by Crippen LogP contribution is 2.32. The molecule has 0 aliphatic carbocycles. The van der Waals surface area contributed by atoms with E-state index in [9.17, 15) is 18.0 Å². The van der Waals surface area contributed by atoms with Gasteiger partial charge in [-0.05, 0) is 55.0 Å². The smallest absolute Gasteiger partial charge is 0.384 e. The Hall–Kier alpha value is -4.07. The van der Waals surface area contributed by atoms with Gasteiger partial charge < -0.3 is 11.1 Å². The molecule has 0 aliphatic heterocycles. The summed E-state index contributed by atoms with van der Waals surface area (Å²) in [6.07, 6.45) is -4.45. The summed E-state index contributed by atoms with van der Waals surface area (Å²) in [6.45, 7) is 1.90. The number of aryl methyl sites for hydroxylation is 1. The molecule has 4 rings (SSSR count). The third-order valence-electron chi connectivity index (χ3n) is 4.99. The average molecular weight is 436 g/mol. The Bertz CT molecular complexity index is 1280. The van der Waals surface area contributed by atoms with Crippen molar-refractivity contribution in [1.82, 2.24) is 9.78 Å². The van der Waals surface area contributed by atoms with Gasteiger partial charge >= 0.3 is 6.18 Å². The SMILES string of the molecule is Cc1ccccc1NC(=O)c1ccc(-n2nc(-c3cccc(C(F)(F)F)c3)cc2N)cc1. The normalized spacial score (nSPS) is 11.4. The Kier molecular flexibility index (Phi) is 5.44. The quantitative estimate of drug-likeness (QED) is 0.431. The number of nitrogens with one attached hydrogen (secondary N) is 1. The lowest BCUT2D eigenvalue weighted by Gasteiger charge is -2.09. The Morgan fingerprint density at radius 3 is 2.38 bits per heavy atom. The van der Waals surface area contributed by atoms with Gasteiger partial charge in [-0.3, -0.25) is 4.79 Å². The van der Waals surface area contributed by atoms with Gasteiger partial charge in [0.25, 0.3) is 5.91 Å². The number of para-hydroxylation sites is 1. The molecule has 1 heterocycles. The lowest BCUT2D eigenvalue weighted by Crippen LogP contribution is -2.13. The molecule has 8 heteroatoms. The largest absolute Gasteiger partial charge is 0.416 e. The standard InChI is InChI=1S/C24H19F3N4O/c1-15-5-2-3-8-20(15)29-23(32)16-9-11-19(12-10-16)31-22(28)14-21(30-31)17-6-4-7-18(13-17)24(25,26)27/h2-14H,28H2,1H3,(H,29,32). The number of nitrogen functional groups attached to an aromatic ring is 1. The van der Waals surface area contributed by atoms with Crippen molar-refractivity contribution in [3.05, 3.63) is 95.6 Å². The van der Waals surface area contributed by atoms with Crippen molar-refractivity contribution in [2.75, 3.05) is 11.1 Å². The minimum atomic E-state index is -4.45. The van der Waals surface area contributed by atoms with E-state index < -0.39 is 11.7 Å². The molecular formula is C24H19F3N4O. The first-order chi connectivity index (χ1) is 15.2. The number of anilines is 2. The number of nitrogens with zero attached hydrogens (tertiary/aromatic N) is 2. The first-order valence-electron chi connectivity index (χ1n) is 9.73. The van der Waals surface area contributed by atoms with Crippen molar-refractivity contribution in [3.8, 4) is 16.9 Å². The summed E-state index contributed by atoms with van der Waals surface area (Å²) < 4.78 is 40.5. The lowest BCUT2D eigenvalue weighted by atomic mass is 10.1. The molecule has 0 spiro atoms. The van der Waals surface area contributed by atoms with Crippen LogP contribution in [0.5, 0.6) is 0 Å². The molecule has 1 aromatic heterocycles. The predicted molar refractivity (Wildman–Crippen MR) is 118 cm³/mol. The van der Waals surface area contributed by atoms with Gasteiger partial charge in [-0.2, -0.15) is 18.3 Å². The third kappa shape index (κ3) is 4.34. The number of aromatic nitrogens is 2. The molecule has 4 aromatic rings. The number of amides is 1. The number of hydrogen-bond acceptors (Lipinski definition) is 3. The van der Waals surface area contributed by atoms with Crippen molar-refractivity contribution >= 4 is 17.4 Å². The van der Waals surface area contributed by atoms with Crippen molar-refractivity contribution in [1.29, 1.82) is 0 Å². The molecule has 0 saturated heterocycles. The summed E-state index contributed by atoms with van der Waals surface area (Å²) in [4.78, 5) is 12.5. The number of rotatable bonds is 4. The second-order valence-electron chi connectivity index (χ2n) is 7.26. The number of halogens is 3. The van der Waals surface area contributed by atoms with Crippen LogP contribution in [-0.4, -0.2) is 15.7 Å². The Balaban J connectivity index is 1.57. The van der Waals surface area contributed by atoms with E-state index in [2.05, 4.69) is 10.4 Å². The Morgan fingerprint density at radius 2 is 1.69 bits per heavy atom. The zero-order valence-corrected chi connectivity index (χ0v) is 17.0. The first-order valence-corrected chi connectivity index (χ1v) is 9.73. The summed E-state index contributed by atoms with van der Waals surface area (Å²) in [6, 6.07) is 20.5. The highest BCUT2D eigenvalue weighted by Gasteiger charge is 2.30. The van der Waals surface area contributed by atoms with E-state index in [1.807, 2.05) is 31.2 Å².